The third-order valence-electron chi connectivity index (χ3n) is 3.75. The topological polar surface area (TPSA) is 59.4 Å². The standard InChI is InChI=1S/C21H16FNO3S/c1-26-19(12-20(24)25)18-5-3-2-4-14(18)8-11-17-13-27-21(23-17)15-6-9-16(22)10-7-15/h2-13H,1H3,(H,24,25)/b11-8-,19-12+. The maximum atomic E-state index is 13.0. The predicted octanol–water partition coefficient (Wildman–Crippen LogP) is 5.19. The first-order chi connectivity index (χ1) is 13.1. The van der Waals surface area contributed by atoms with Crippen molar-refractivity contribution in [1.82, 2.24) is 4.98 Å². The molecule has 6 heteroatoms. The number of hydrogen-bond donors (Lipinski definition) is 1. The smallest absolute Gasteiger partial charge is 0.332 e. The number of nitrogens with zero attached hydrogens (tertiary/aromatic N) is 1. The van der Waals surface area contributed by atoms with Crippen LogP contribution in [0.25, 0.3) is 28.5 Å². The van der Waals surface area contributed by atoms with Gasteiger partial charge < -0.3 is 9.84 Å². The molecular formula is C21H16FNO3S. The number of halogens is 1. The van der Waals surface area contributed by atoms with Crippen LogP contribution in [-0.4, -0.2) is 23.2 Å². The number of carboxylic acid groups (broad SMARTS) is 1. The molecule has 3 rings (SSSR count). The van der Waals surface area contributed by atoms with Crippen molar-refractivity contribution in [3.63, 3.8) is 0 Å². The van der Waals surface area contributed by atoms with Crippen molar-refractivity contribution in [3.8, 4) is 10.6 Å². The highest BCUT2D eigenvalue weighted by Gasteiger charge is 2.08. The molecule has 0 aliphatic rings. The van der Waals surface area contributed by atoms with E-state index in [1.54, 1.807) is 18.2 Å². The Kier molecular flexibility index (Phi) is 5.78. The third kappa shape index (κ3) is 4.68. The zero-order chi connectivity index (χ0) is 19.2. The summed E-state index contributed by atoms with van der Waals surface area (Å²) in [5.74, 6) is -1.09. The van der Waals surface area contributed by atoms with Gasteiger partial charge in [0.05, 0.1) is 18.9 Å². The van der Waals surface area contributed by atoms with Crippen LogP contribution in [0.4, 0.5) is 4.39 Å². The number of rotatable bonds is 6. The van der Waals surface area contributed by atoms with Crippen LogP contribution in [-0.2, 0) is 9.53 Å². The molecule has 0 aliphatic carbocycles. The number of ether oxygens (including phenoxy) is 1. The summed E-state index contributed by atoms with van der Waals surface area (Å²) >= 11 is 1.47. The lowest BCUT2D eigenvalue weighted by Crippen LogP contribution is -1.96. The summed E-state index contributed by atoms with van der Waals surface area (Å²) < 4.78 is 18.3. The molecule has 1 heterocycles. The van der Waals surface area contributed by atoms with Crippen LogP contribution < -0.4 is 0 Å². The van der Waals surface area contributed by atoms with Crippen molar-refractivity contribution in [3.05, 3.63) is 82.6 Å². The van der Waals surface area contributed by atoms with E-state index in [2.05, 4.69) is 4.98 Å². The molecule has 3 aromatic rings. The molecule has 136 valence electrons. The molecule has 0 amide bonds. The highest BCUT2D eigenvalue weighted by Crippen LogP contribution is 2.26. The molecule has 0 bridgehead atoms. The van der Waals surface area contributed by atoms with Gasteiger partial charge in [0.1, 0.15) is 16.6 Å². The number of benzene rings is 2. The number of thiazole rings is 1. The Hall–Kier alpha value is -3.25. The van der Waals surface area contributed by atoms with Crippen molar-refractivity contribution in [2.75, 3.05) is 7.11 Å². The zero-order valence-electron chi connectivity index (χ0n) is 14.4. The summed E-state index contributed by atoms with van der Waals surface area (Å²) in [6.07, 6.45) is 4.73. The van der Waals surface area contributed by atoms with E-state index in [0.29, 0.717) is 5.56 Å². The molecule has 2 aromatic carbocycles. The summed E-state index contributed by atoms with van der Waals surface area (Å²) in [5, 5.41) is 11.7. The molecule has 0 spiro atoms. The van der Waals surface area contributed by atoms with Crippen LogP contribution in [0.15, 0.2) is 60.0 Å². The number of aliphatic carboxylic acids is 1. The fourth-order valence-corrected chi connectivity index (χ4v) is 3.28. The molecule has 0 fully saturated rings. The third-order valence-corrected chi connectivity index (χ3v) is 4.66. The van der Waals surface area contributed by atoms with Crippen molar-refractivity contribution < 1.29 is 19.0 Å². The fourth-order valence-electron chi connectivity index (χ4n) is 2.49. The maximum Gasteiger partial charge on any atom is 0.332 e. The first-order valence-electron chi connectivity index (χ1n) is 8.04. The number of hydrogen-bond acceptors (Lipinski definition) is 4. The Bertz CT molecular complexity index is 1010. The molecule has 1 N–H and O–H groups in total. The van der Waals surface area contributed by atoms with E-state index in [4.69, 9.17) is 9.84 Å². The Labute approximate surface area is 159 Å². The van der Waals surface area contributed by atoms with Crippen molar-refractivity contribution in [2.45, 2.75) is 0 Å². The fraction of sp³-hybridized carbons (Fsp3) is 0.0476. The largest absolute Gasteiger partial charge is 0.496 e. The van der Waals surface area contributed by atoms with Gasteiger partial charge in [-0.25, -0.2) is 14.2 Å². The van der Waals surface area contributed by atoms with Crippen LogP contribution >= 0.6 is 11.3 Å². The molecule has 27 heavy (non-hydrogen) atoms. The number of carbonyl (C=O) groups is 1. The van der Waals surface area contributed by atoms with Crippen LogP contribution in [0.2, 0.25) is 0 Å². The van der Waals surface area contributed by atoms with Crippen LogP contribution in [0.3, 0.4) is 0 Å². The minimum absolute atomic E-state index is 0.271. The summed E-state index contributed by atoms with van der Waals surface area (Å²) in [4.78, 5) is 15.5. The van der Waals surface area contributed by atoms with Gasteiger partial charge in [-0.2, -0.15) is 0 Å². The molecule has 0 radical (unpaired) electrons. The van der Waals surface area contributed by atoms with Gasteiger partial charge in [-0.1, -0.05) is 30.3 Å². The molecule has 0 saturated carbocycles. The lowest BCUT2D eigenvalue weighted by Gasteiger charge is -2.08. The molecule has 0 saturated heterocycles. The first kappa shape index (κ1) is 18.5. The Morgan fingerprint density at radius 3 is 2.59 bits per heavy atom. The van der Waals surface area contributed by atoms with Gasteiger partial charge in [0.15, 0.2) is 0 Å². The normalized spacial score (nSPS) is 11.7. The zero-order valence-corrected chi connectivity index (χ0v) is 15.2. The van der Waals surface area contributed by atoms with Gasteiger partial charge >= 0.3 is 5.97 Å². The van der Waals surface area contributed by atoms with Gasteiger partial charge in [0, 0.05) is 16.5 Å². The number of methoxy groups -OCH3 is 1. The minimum Gasteiger partial charge on any atom is -0.496 e. The molecular weight excluding hydrogens is 365 g/mol. The molecule has 0 unspecified atom stereocenters. The van der Waals surface area contributed by atoms with Gasteiger partial charge in [0.25, 0.3) is 0 Å². The monoisotopic (exact) mass is 381 g/mol. The molecule has 0 atom stereocenters. The van der Waals surface area contributed by atoms with Gasteiger partial charge in [-0.05, 0) is 35.9 Å². The average Bonchev–Trinajstić information content (AvgIpc) is 3.14. The minimum atomic E-state index is -1.07. The Balaban J connectivity index is 1.87. The van der Waals surface area contributed by atoms with Gasteiger partial charge in [-0.15, -0.1) is 11.3 Å². The lowest BCUT2D eigenvalue weighted by atomic mass is 10.0. The van der Waals surface area contributed by atoms with E-state index in [1.807, 2.05) is 35.7 Å². The second-order valence-corrected chi connectivity index (χ2v) is 6.41. The van der Waals surface area contributed by atoms with E-state index in [-0.39, 0.29) is 11.6 Å². The van der Waals surface area contributed by atoms with Gasteiger partial charge in [-0.3, -0.25) is 0 Å². The lowest BCUT2D eigenvalue weighted by molar-refractivity contribution is -0.131. The average molecular weight is 381 g/mol. The van der Waals surface area contributed by atoms with Crippen LogP contribution in [0.5, 0.6) is 0 Å². The van der Waals surface area contributed by atoms with E-state index in [0.717, 1.165) is 27.9 Å². The van der Waals surface area contributed by atoms with Crippen molar-refractivity contribution in [1.29, 1.82) is 0 Å². The van der Waals surface area contributed by atoms with Crippen molar-refractivity contribution in [2.24, 2.45) is 0 Å². The summed E-state index contributed by atoms with van der Waals surface area (Å²) in [5.41, 5.74) is 3.10. The second kappa shape index (κ2) is 8.42. The second-order valence-electron chi connectivity index (χ2n) is 5.56. The highest BCUT2D eigenvalue weighted by atomic mass is 32.1. The first-order valence-corrected chi connectivity index (χ1v) is 8.92. The number of carboxylic acids is 1. The number of aromatic nitrogens is 1. The Morgan fingerprint density at radius 2 is 1.89 bits per heavy atom. The SMILES string of the molecule is CO/C(=C/C(=O)O)c1ccccc1/C=C\c1csc(-c2ccc(F)cc2)n1. The summed E-state index contributed by atoms with van der Waals surface area (Å²) in [7, 11) is 1.44. The molecule has 0 aliphatic heterocycles. The Morgan fingerprint density at radius 1 is 1.15 bits per heavy atom. The van der Waals surface area contributed by atoms with Gasteiger partial charge in [0.2, 0.25) is 0 Å². The predicted molar refractivity (Wildman–Crippen MR) is 105 cm³/mol. The summed E-state index contributed by atoms with van der Waals surface area (Å²) in [6, 6.07) is 13.5. The van der Waals surface area contributed by atoms with E-state index < -0.39 is 5.97 Å². The maximum absolute atomic E-state index is 13.0. The summed E-state index contributed by atoms with van der Waals surface area (Å²) in [6.45, 7) is 0. The van der Waals surface area contributed by atoms with Crippen molar-refractivity contribution >= 4 is 35.2 Å². The van der Waals surface area contributed by atoms with E-state index >= 15 is 0 Å². The van der Waals surface area contributed by atoms with E-state index in [1.165, 1.54) is 30.6 Å². The molecule has 4 nitrogen and oxygen atoms in total. The quantitative estimate of drug-likeness (QED) is 0.471. The molecule has 1 aromatic heterocycles. The van der Waals surface area contributed by atoms with Crippen LogP contribution in [0, 0.1) is 5.82 Å². The van der Waals surface area contributed by atoms with Crippen LogP contribution in [0.1, 0.15) is 16.8 Å². The highest BCUT2D eigenvalue weighted by molar-refractivity contribution is 7.13. The van der Waals surface area contributed by atoms with E-state index in [9.17, 15) is 9.18 Å².